The zero-order valence-corrected chi connectivity index (χ0v) is 9.12. The number of nitro benzene ring substituents is 1. The highest BCUT2D eigenvalue weighted by Gasteiger charge is 2.28. The number of hydrogen-bond acceptors (Lipinski definition) is 5. The largest absolute Gasteiger partial charge is 0.465 e. The van der Waals surface area contributed by atoms with E-state index in [0.29, 0.717) is 0 Å². The van der Waals surface area contributed by atoms with Crippen molar-refractivity contribution in [3.05, 3.63) is 39.9 Å². The number of nitro groups is 1. The monoisotopic (exact) mass is 234 g/mol. The Morgan fingerprint density at radius 1 is 1.59 bits per heavy atom. The fraction of sp³-hybridized carbons (Fsp3) is 0.273. The van der Waals surface area contributed by atoms with Crippen molar-refractivity contribution in [1.82, 2.24) is 0 Å². The van der Waals surface area contributed by atoms with Gasteiger partial charge in [0.25, 0.3) is 5.69 Å². The van der Waals surface area contributed by atoms with Gasteiger partial charge in [0.1, 0.15) is 0 Å². The summed E-state index contributed by atoms with van der Waals surface area (Å²) in [6.45, 7) is 1.73. The second-order valence-corrected chi connectivity index (χ2v) is 3.13. The maximum atomic E-state index is 11.5. The van der Waals surface area contributed by atoms with E-state index in [-0.39, 0.29) is 17.9 Å². The Hall–Kier alpha value is -2.42. The number of nitrogens with zero attached hydrogens (tertiary/aromatic N) is 2. The Bertz CT molecular complexity index is 479. The highest BCUT2D eigenvalue weighted by molar-refractivity contribution is 5.82. The molecule has 6 nitrogen and oxygen atoms in total. The van der Waals surface area contributed by atoms with E-state index in [1.54, 1.807) is 13.0 Å². The maximum absolute atomic E-state index is 11.5. The minimum absolute atomic E-state index is 0.0541. The number of nitriles is 1. The summed E-state index contributed by atoms with van der Waals surface area (Å²) in [5.41, 5.74) is -0.203. The standard InChI is InChI=1S/C11H10N2O4/c1-2-17-11(14)9(7-12)8-5-3-4-6-10(8)13(15)16/h3-6,9H,2H2,1H3. The maximum Gasteiger partial charge on any atom is 0.328 e. The molecule has 0 saturated carbocycles. The lowest BCUT2D eigenvalue weighted by Gasteiger charge is -2.08. The van der Waals surface area contributed by atoms with Crippen LogP contribution in [0.15, 0.2) is 24.3 Å². The van der Waals surface area contributed by atoms with Gasteiger partial charge >= 0.3 is 5.97 Å². The molecule has 0 aromatic heterocycles. The van der Waals surface area contributed by atoms with Crippen LogP contribution in [0, 0.1) is 21.4 Å². The topological polar surface area (TPSA) is 93.2 Å². The summed E-state index contributed by atoms with van der Waals surface area (Å²) in [7, 11) is 0. The minimum Gasteiger partial charge on any atom is -0.465 e. The van der Waals surface area contributed by atoms with Gasteiger partial charge in [0, 0.05) is 6.07 Å². The Morgan fingerprint density at radius 2 is 2.24 bits per heavy atom. The van der Waals surface area contributed by atoms with E-state index in [9.17, 15) is 14.9 Å². The molecule has 1 atom stereocenters. The molecule has 1 aromatic carbocycles. The van der Waals surface area contributed by atoms with Crippen LogP contribution in [-0.2, 0) is 9.53 Å². The van der Waals surface area contributed by atoms with Crippen molar-refractivity contribution < 1.29 is 14.5 Å². The van der Waals surface area contributed by atoms with Crippen LogP contribution in [0.1, 0.15) is 18.4 Å². The number of benzene rings is 1. The molecule has 0 N–H and O–H groups in total. The van der Waals surface area contributed by atoms with E-state index >= 15 is 0 Å². The molecule has 0 fully saturated rings. The van der Waals surface area contributed by atoms with Gasteiger partial charge in [-0.05, 0) is 6.92 Å². The molecule has 17 heavy (non-hydrogen) atoms. The Balaban J connectivity index is 3.17. The fourth-order valence-electron chi connectivity index (χ4n) is 1.37. The van der Waals surface area contributed by atoms with E-state index in [1.165, 1.54) is 24.3 Å². The molecule has 0 spiro atoms. The molecule has 0 aliphatic heterocycles. The van der Waals surface area contributed by atoms with E-state index in [1.807, 2.05) is 0 Å². The first-order valence-corrected chi connectivity index (χ1v) is 4.91. The number of para-hydroxylation sites is 1. The molecule has 1 unspecified atom stereocenters. The lowest BCUT2D eigenvalue weighted by Crippen LogP contribution is -2.15. The van der Waals surface area contributed by atoms with Crippen molar-refractivity contribution in [3.63, 3.8) is 0 Å². The predicted molar refractivity (Wildman–Crippen MR) is 58.1 cm³/mol. The van der Waals surface area contributed by atoms with Crippen LogP contribution < -0.4 is 0 Å². The highest BCUT2D eigenvalue weighted by Crippen LogP contribution is 2.26. The molecule has 0 heterocycles. The van der Waals surface area contributed by atoms with Gasteiger partial charge in [0.2, 0.25) is 0 Å². The van der Waals surface area contributed by atoms with Crippen molar-refractivity contribution in [2.45, 2.75) is 12.8 Å². The molecule has 1 aromatic rings. The Labute approximate surface area is 97.6 Å². The average Bonchev–Trinajstić information content (AvgIpc) is 2.31. The van der Waals surface area contributed by atoms with E-state index in [2.05, 4.69) is 0 Å². The van der Waals surface area contributed by atoms with Gasteiger partial charge in [-0.15, -0.1) is 0 Å². The fourth-order valence-corrected chi connectivity index (χ4v) is 1.37. The van der Waals surface area contributed by atoms with Crippen LogP contribution in [0.2, 0.25) is 0 Å². The first kappa shape index (κ1) is 12.6. The summed E-state index contributed by atoms with van der Waals surface area (Å²) in [4.78, 5) is 21.6. The third kappa shape index (κ3) is 2.78. The van der Waals surface area contributed by atoms with Crippen LogP contribution >= 0.6 is 0 Å². The van der Waals surface area contributed by atoms with Gasteiger partial charge < -0.3 is 4.74 Å². The summed E-state index contributed by atoms with van der Waals surface area (Å²) in [6, 6.07) is 7.35. The summed E-state index contributed by atoms with van der Waals surface area (Å²) < 4.78 is 4.70. The number of esters is 1. The molecule has 0 aliphatic rings. The summed E-state index contributed by atoms with van der Waals surface area (Å²) in [6.07, 6.45) is 0. The van der Waals surface area contributed by atoms with Gasteiger partial charge in [-0.3, -0.25) is 14.9 Å². The molecule has 0 amide bonds. The number of hydrogen-bond donors (Lipinski definition) is 0. The van der Waals surface area contributed by atoms with Crippen LogP contribution in [0.25, 0.3) is 0 Å². The van der Waals surface area contributed by atoms with E-state index in [0.717, 1.165) is 0 Å². The number of ether oxygens (including phenoxy) is 1. The van der Waals surface area contributed by atoms with Crippen LogP contribution in [-0.4, -0.2) is 17.5 Å². The third-order valence-corrected chi connectivity index (χ3v) is 2.10. The summed E-state index contributed by atoms with van der Waals surface area (Å²) in [5, 5.41) is 19.7. The smallest absolute Gasteiger partial charge is 0.328 e. The lowest BCUT2D eigenvalue weighted by atomic mass is 9.99. The molecule has 88 valence electrons. The zero-order valence-electron chi connectivity index (χ0n) is 9.12. The second kappa shape index (κ2) is 5.61. The normalized spacial score (nSPS) is 11.3. The van der Waals surface area contributed by atoms with Crippen LogP contribution in [0.3, 0.4) is 0 Å². The lowest BCUT2D eigenvalue weighted by molar-refractivity contribution is -0.385. The van der Waals surface area contributed by atoms with Gasteiger partial charge in [-0.2, -0.15) is 5.26 Å². The Kier molecular flexibility index (Phi) is 4.17. The van der Waals surface area contributed by atoms with Crippen molar-refractivity contribution >= 4 is 11.7 Å². The van der Waals surface area contributed by atoms with Crippen molar-refractivity contribution in [3.8, 4) is 6.07 Å². The Morgan fingerprint density at radius 3 is 2.76 bits per heavy atom. The molecule has 0 radical (unpaired) electrons. The van der Waals surface area contributed by atoms with Crippen molar-refractivity contribution in [2.75, 3.05) is 6.61 Å². The molecule has 6 heteroatoms. The van der Waals surface area contributed by atoms with Gasteiger partial charge in [-0.25, -0.2) is 0 Å². The summed E-state index contributed by atoms with van der Waals surface area (Å²) in [5.74, 6) is -2.04. The predicted octanol–water partition coefficient (Wildman–Crippen LogP) is 1.77. The van der Waals surface area contributed by atoms with Crippen molar-refractivity contribution in [1.29, 1.82) is 5.26 Å². The zero-order chi connectivity index (χ0) is 12.8. The van der Waals surface area contributed by atoms with E-state index < -0.39 is 16.8 Å². The first-order valence-electron chi connectivity index (χ1n) is 4.91. The van der Waals surface area contributed by atoms with Crippen molar-refractivity contribution in [2.24, 2.45) is 0 Å². The first-order chi connectivity index (χ1) is 8.11. The molecule has 1 rings (SSSR count). The number of rotatable bonds is 4. The molecule has 0 saturated heterocycles. The average molecular weight is 234 g/mol. The quantitative estimate of drug-likeness (QED) is 0.449. The van der Waals surface area contributed by atoms with Gasteiger partial charge in [0.05, 0.1) is 23.2 Å². The molecular weight excluding hydrogens is 224 g/mol. The number of carbonyl (C=O) groups is 1. The van der Waals surface area contributed by atoms with Crippen LogP contribution in [0.5, 0.6) is 0 Å². The number of carbonyl (C=O) groups excluding carboxylic acids is 1. The molecule has 0 aliphatic carbocycles. The highest BCUT2D eigenvalue weighted by atomic mass is 16.6. The molecular formula is C11H10N2O4. The van der Waals surface area contributed by atoms with Crippen LogP contribution in [0.4, 0.5) is 5.69 Å². The summed E-state index contributed by atoms with van der Waals surface area (Å²) >= 11 is 0. The SMILES string of the molecule is CCOC(=O)C(C#N)c1ccccc1[N+](=O)[O-]. The third-order valence-electron chi connectivity index (χ3n) is 2.10. The minimum atomic E-state index is -1.27. The van der Waals surface area contributed by atoms with Gasteiger partial charge in [-0.1, -0.05) is 18.2 Å². The van der Waals surface area contributed by atoms with E-state index in [4.69, 9.17) is 10.00 Å². The van der Waals surface area contributed by atoms with Gasteiger partial charge in [0.15, 0.2) is 5.92 Å². The second-order valence-electron chi connectivity index (χ2n) is 3.13. The molecule has 0 bridgehead atoms.